The Morgan fingerprint density at radius 2 is 1.89 bits per heavy atom. The van der Waals surface area contributed by atoms with Crippen LogP contribution in [0.5, 0.6) is 5.75 Å². The summed E-state index contributed by atoms with van der Waals surface area (Å²) in [7, 11) is -2.05. The third-order valence-electron chi connectivity index (χ3n) is 3.84. The van der Waals surface area contributed by atoms with E-state index < -0.39 is 10.0 Å². The molecule has 142 valence electrons. The zero-order chi connectivity index (χ0) is 19.6. The van der Waals surface area contributed by atoms with Crippen molar-refractivity contribution in [1.82, 2.24) is 9.71 Å². The van der Waals surface area contributed by atoms with Crippen LogP contribution in [0.3, 0.4) is 0 Å². The van der Waals surface area contributed by atoms with Gasteiger partial charge in [-0.15, -0.1) is 0 Å². The third-order valence-corrected chi connectivity index (χ3v) is 5.81. The first-order valence-corrected chi connectivity index (χ1v) is 10.2. The predicted octanol–water partition coefficient (Wildman–Crippen LogP) is 4.33. The van der Waals surface area contributed by atoms with E-state index >= 15 is 0 Å². The lowest BCUT2D eigenvalue weighted by Gasteiger charge is -2.13. The normalized spacial score (nSPS) is 11.7. The van der Waals surface area contributed by atoms with Crippen molar-refractivity contribution in [2.45, 2.75) is 24.8 Å². The number of ether oxygens (including phenoxy) is 1. The number of nitrogens with zero attached hydrogens (tertiary/aromatic N) is 1. The minimum Gasteiger partial charge on any atom is -0.495 e. The van der Waals surface area contributed by atoms with Crippen LogP contribution in [0.1, 0.15) is 13.8 Å². The molecule has 0 saturated heterocycles. The number of pyridine rings is 1. The van der Waals surface area contributed by atoms with Crippen LogP contribution in [0.15, 0.2) is 53.6 Å². The first-order valence-electron chi connectivity index (χ1n) is 8.32. The molecule has 0 aliphatic carbocycles. The molecule has 3 rings (SSSR count). The van der Waals surface area contributed by atoms with E-state index in [1.54, 1.807) is 63.6 Å². The zero-order valence-corrected chi connectivity index (χ0v) is 16.7. The maximum absolute atomic E-state index is 12.5. The van der Waals surface area contributed by atoms with E-state index in [9.17, 15) is 8.42 Å². The van der Waals surface area contributed by atoms with Gasteiger partial charge in [-0.2, -0.15) is 0 Å². The lowest BCUT2D eigenvalue weighted by Crippen LogP contribution is -2.30. The zero-order valence-electron chi connectivity index (χ0n) is 15.2. The molecule has 0 bridgehead atoms. The molecule has 1 aromatic heterocycles. The summed E-state index contributed by atoms with van der Waals surface area (Å²) in [5.74, 6) is 0.546. The summed E-state index contributed by atoms with van der Waals surface area (Å²) in [5, 5.41) is 4.48. The minimum atomic E-state index is -3.60. The van der Waals surface area contributed by atoms with Crippen LogP contribution < -0.4 is 14.8 Å². The van der Waals surface area contributed by atoms with E-state index in [0.29, 0.717) is 21.7 Å². The second-order valence-electron chi connectivity index (χ2n) is 6.29. The topological polar surface area (TPSA) is 80.3 Å². The Morgan fingerprint density at radius 1 is 1.11 bits per heavy atom. The fourth-order valence-electron chi connectivity index (χ4n) is 2.67. The van der Waals surface area contributed by atoms with Crippen molar-refractivity contribution in [2.75, 3.05) is 12.4 Å². The van der Waals surface area contributed by atoms with Gasteiger partial charge in [-0.1, -0.05) is 11.6 Å². The number of anilines is 2. The molecule has 0 radical (unpaired) electrons. The van der Waals surface area contributed by atoms with Gasteiger partial charge in [0.2, 0.25) is 10.0 Å². The lowest BCUT2D eigenvalue weighted by molar-refractivity contribution is 0.415. The molecule has 0 atom stereocenters. The maximum Gasteiger partial charge on any atom is 0.240 e. The molecule has 0 aliphatic heterocycles. The van der Waals surface area contributed by atoms with Gasteiger partial charge in [0.1, 0.15) is 5.75 Å². The molecule has 0 fully saturated rings. The van der Waals surface area contributed by atoms with E-state index in [4.69, 9.17) is 16.3 Å². The Balaban J connectivity index is 2.04. The van der Waals surface area contributed by atoms with Gasteiger partial charge in [0.25, 0.3) is 0 Å². The van der Waals surface area contributed by atoms with E-state index in [-0.39, 0.29) is 10.9 Å². The number of sulfonamides is 1. The molecule has 2 aromatic carbocycles. The molecule has 2 N–H and O–H groups in total. The van der Waals surface area contributed by atoms with Gasteiger partial charge in [-0.05, 0) is 50.2 Å². The van der Waals surface area contributed by atoms with Gasteiger partial charge in [0.05, 0.1) is 22.5 Å². The molecule has 27 heavy (non-hydrogen) atoms. The number of hydrogen-bond donors (Lipinski definition) is 2. The molecule has 1 heterocycles. The molecule has 0 spiro atoms. The highest BCUT2D eigenvalue weighted by molar-refractivity contribution is 7.89. The smallest absolute Gasteiger partial charge is 0.240 e. The third kappa shape index (κ3) is 4.32. The number of hydrogen-bond acceptors (Lipinski definition) is 5. The summed E-state index contributed by atoms with van der Waals surface area (Å²) in [4.78, 5) is 4.50. The van der Waals surface area contributed by atoms with Gasteiger partial charge >= 0.3 is 0 Å². The van der Waals surface area contributed by atoms with E-state index in [1.807, 2.05) is 6.07 Å². The molecule has 0 saturated carbocycles. The van der Waals surface area contributed by atoms with E-state index in [2.05, 4.69) is 15.0 Å². The van der Waals surface area contributed by atoms with Gasteiger partial charge < -0.3 is 10.1 Å². The van der Waals surface area contributed by atoms with Gasteiger partial charge in [-0.3, -0.25) is 4.98 Å². The summed E-state index contributed by atoms with van der Waals surface area (Å²) < 4.78 is 32.8. The number of rotatable bonds is 6. The fourth-order valence-corrected chi connectivity index (χ4v) is 4.14. The standard InChI is InChI=1S/C19H20ClN3O3S/c1-12(2)23-27(24,25)14-5-7-17-15(11-14)18(8-9-21-17)22-13-4-6-16(20)19(10-13)26-3/h4-12,23H,1-3H3,(H,21,22). The van der Waals surface area contributed by atoms with Crippen molar-refractivity contribution < 1.29 is 13.2 Å². The van der Waals surface area contributed by atoms with Crippen LogP contribution in [0.4, 0.5) is 11.4 Å². The molecule has 6 nitrogen and oxygen atoms in total. The highest BCUT2D eigenvalue weighted by atomic mass is 35.5. The highest BCUT2D eigenvalue weighted by Crippen LogP contribution is 2.31. The summed E-state index contributed by atoms with van der Waals surface area (Å²) in [6.45, 7) is 3.56. The predicted molar refractivity (Wildman–Crippen MR) is 108 cm³/mol. The first-order chi connectivity index (χ1) is 12.8. The number of nitrogens with one attached hydrogen (secondary N) is 2. The van der Waals surface area contributed by atoms with Crippen molar-refractivity contribution in [3.8, 4) is 5.75 Å². The van der Waals surface area contributed by atoms with Crippen LogP contribution in [-0.4, -0.2) is 26.6 Å². The molecule has 0 unspecified atom stereocenters. The molecular weight excluding hydrogens is 386 g/mol. The van der Waals surface area contributed by atoms with Gasteiger partial charge in [-0.25, -0.2) is 13.1 Å². The molecule has 0 aliphatic rings. The van der Waals surface area contributed by atoms with Crippen molar-refractivity contribution in [3.63, 3.8) is 0 Å². The summed E-state index contributed by atoms with van der Waals surface area (Å²) >= 11 is 6.07. The largest absolute Gasteiger partial charge is 0.495 e. The van der Waals surface area contributed by atoms with Gasteiger partial charge in [0.15, 0.2) is 0 Å². The number of fused-ring (bicyclic) bond motifs is 1. The molecule has 8 heteroatoms. The van der Waals surface area contributed by atoms with Crippen molar-refractivity contribution >= 4 is 43.9 Å². The van der Waals surface area contributed by atoms with Crippen LogP contribution in [-0.2, 0) is 10.0 Å². The molecule has 0 amide bonds. The number of benzene rings is 2. The first kappa shape index (κ1) is 19.4. The Hall–Kier alpha value is -2.35. The van der Waals surface area contributed by atoms with Crippen molar-refractivity contribution in [3.05, 3.63) is 53.7 Å². The lowest BCUT2D eigenvalue weighted by atomic mass is 10.2. The quantitative estimate of drug-likeness (QED) is 0.638. The maximum atomic E-state index is 12.5. The minimum absolute atomic E-state index is 0.188. The second kappa shape index (κ2) is 7.72. The highest BCUT2D eigenvalue weighted by Gasteiger charge is 2.17. The fraction of sp³-hybridized carbons (Fsp3) is 0.211. The Labute approximate surface area is 163 Å². The number of aromatic nitrogens is 1. The monoisotopic (exact) mass is 405 g/mol. The molecular formula is C19H20ClN3O3S. The average Bonchev–Trinajstić information content (AvgIpc) is 2.62. The SMILES string of the molecule is COc1cc(Nc2ccnc3ccc(S(=O)(=O)NC(C)C)cc23)ccc1Cl. The number of methoxy groups -OCH3 is 1. The van der Waals surface area contributed by atoms with Crippen molar-refractivity contribution in [2.24, 2.45) is 0 Å². The summed E-state index contributed by atoms with van der Waals surface area (Å²) in [6, 6.07) is 11.8. The van der Waals surface area contributed by atoms with E-state index in [1.165, 1.54) is 0 Å². The Morgan fingerprint density at radius 3 is 2.59 bits per heavy atom. The van der Waals surface area contributed by atoms with Crippen LogP contribution in [0, 0.1) is 0 Å². The van der Waals surface area contributed by atoms with Crippen LogP contribution >= 0.6 is 11.6 Å². The van der Waals surface area contributed by atoms with Crippen LogP contribution in [0.25, 0.3) is 10.9 Å². The summed E-state index contributed by atoms with van der Waals surface area (Å²) in [5.41, 5.74) is 2.17. The average molecular weight is 406 g/mol. The van der Waals surface area contributed by atoms with Gasteiger partial charge in [0, 0.05) is 35.1 Å². The second-order valence-corrected chi connectivity index (χ2v) is 8.41. The number of halogens is 1. The van der Waals surface area contributed by atoms with Crippen molar-refractivity contribution in [1.29, 1.82) is 0 Å². The summed E-state index contributed by atoms with van der Waals surface area (Å²) in [6.07, 6.45) is 1.67. The van der Waals surface area contributed by atoms with E-state index in [0.717, 1.165) is 11.4 Å². The van der Waals surface area contributed by atoms with Crippen LogP contribution in [0.2, 0.25) is 5.02 Å². The Bertz CT molecular complexity index is 1080. The Kier molecular flexibility index (Phi) is 5.55. The molecule has 3 aromatic rings.